The maximum atomic E-state index is 10.7. The normalized spacial score (nSPS) is 10.6. The maximum Gasteiger partial charge on any atom is 0.335 e. The van der Waals surface area contributed by atoms with E-state index in [1.165, 1.54) is 18.2 Å². The van der Waals surface area contributed by atoms with E-state index < -0.39 is 5.97 Å². The highest BCUT2D eigenvalue weighted by atomic mass is 35.5. The van der Waals surface area contributed by atoms with Gasteiger partial charge >= 0.3 is 5.97 Å². The summed E-state index contributed by atoms with van der Waals surface area (Å²) in [5, 5.41) is 18.7. The number of pyridine rings is 1. The van der Waals surface area contributed by atoms with Crippen LogP contribution in [0.15, 0.2) is 18.2 Å². The van der Waals surface area contributed by atoms with Crippen molar-refractivity contribution in [3.05, 3.63) is 33.9 Å². The lowest BCUT2D eigenvalue weighted by Crippen LogP contribution is -1.96. The Morgan fingerprint density at radius 3 is 2.62 bits per heavy atom. The third kappa shape index (κ3) is 1.66. The quantitative estimate of drug-likeness (QED) is 0.771. The number of carbonyl (C=O) groups is 1. The van der Waals surface area contributed by atoms with E-state index in [4.69, 9.17) is 28.3 Å². The van der Waals surface area contributed by atoms with Crippen molar-refractivity contribution < 1.29 is 15.0 Å². The molecule has 1 heterocycles. The lowest BCUT2D eigenvalue weighted by Gasteiger charge is -2.05. The fourth-order valence-electron chi connectivity index (χ4n) is 1.33. The number of aromatic carboxylic acids is 1. The molecule has 1 aromatic carbocycles. The Morgan fingerprint density at radius 2 is 2.00 bits per heavy atom. The summed E-state index contributed by atoms with van der Waals surface area (Å²) in [6.07, 6.45) is 0. The SMILES string of the molecule is O=C(O)c1ccc2c(O)c(Cl)c(Cl)nc2c1. The molecule has 0 amide bonds. The molecule has 2 rings (SSSR count). The van der Waals surface area contributed by atoms with Gasteiger partial charge in [0.05, 0.1) is 11.1 Å². The fraction of sp³-hybridized carbons (Fsp3) is 0. The predicted octanol–water partition coefficient (Wildman–Crippen LogP) is 2.95. The Bertz CT molecular complexity index is 598. The molecule has 1 aromatic heterocycles. The van der Waals surface area contributed by atoms with Crippen molar-refractivity contribution in [1.29, 1.82) is 0 Å². The van der Waals surface area contributed by atoms with Gasteiger partial charge in [-0.05, 0) is 18.2 Å². The first kappa shape index (κ1) is 11.0. The van der Waals surface area contributed by atoms with Gasteiger partial charge in [-0.15, -0.1) is 0 Å². The Kier molecular flexibility index (Phi) is 2.61. The van der Waals surface area contributed by atoms with Crippen LogP contribution in [-0.2, 0) is 0 Å². The molecule has 0 saturated heterocycles. The number of carboxylic acid groups (broad SMARTS) is 1. The molecule has 0 bridgehead atoms. The number of carboxylic acids is 1. The minimum absolute atomic E-state index is 0.0442. The number of hydrogen-bond acceptors (Lipinski definition) is 3. The van der Waals surface area contributed by atoms with Gasteiger partial charge in [0.1, 0.15) is 10.8 Å². The Balaban J connectivity index is 2.81. The van der Waals surface area contributed by atoms with E-state index in [1.807, 2.05) is 0 Å². The van der Waals surface area contributed by atoms with Crippen molar-refractivity contribution in [2.45, 2.75) is 0 Å². The van der Waals surface area contributed by atoms with Crippen LogP contribution >= 0.6 is 23.2 Å². The first-order valence-electron chi connectivity index (χ1n) is 4.21. The largest absolute Gasteiger partial charge is 0.506 e. The number of nitrogens with zero attached hydrogens (tertiary/aromatic N) is 1. The van der Waals surface area contributed by atoms with Gasteiger partial charge in [-0.2, -0.15) is 0 Å². The lowest BCUT2D eigenvalue weighted by atomic mass is 10.1. The zero-order valence-electron chi connectivity index (χ0n) is 7.74. The average Bonchev–Trinajstić information content (AvgIpc) is 2.25. The topological polar surface area (TPSA) is 70.4 Å². The van der Waals surface area contributed by atoms with Crippen LogP contribution in [0.2, 0.25) is 10.2 Å². The zero-order chi connectivity index (χ0) is 11.9. The van der Waals surface area contributed by atoms with Gasteiger partial charge < -0.3 is 10.2 Å². The number of benzene rings is 1. The van der Waals surface area contributed by atoms with Gasteiger partial charge in [0.2, 0.25) is 0 Å². The second-order valence-corrected chi connectivity index (χ2v) is 3.84. The molecule has 2 aromatic rings. The number of fused-ring (bicyclic) bond motifs is 1. The Hall–Kier alpha value is -1.52. The van der Waals surface area contributed by atoms with E-state index in [1.54, 1.807) is 0 Å². The van der Waals surface area contributed by atoms with Crippen LogP contribution < -0.4 is 0 Å². The summed E-state index contributed by atoms with van der Waals surface area (Å²) in [5.74, 6) is -1.28. The van der Waals surface area contributed by atoms with Crippen LogP contribution in [0, 0.1) is 0 Å². The second-order valence-electron chi connectivity index (χ2n) is 3.10. The molecular weight excluding hydrogens is 253 g/mol. The Labute approximate surface area is 100 Å². The smallest absolute Gasteiger partial charge is 0.335 e. The standard InChI is InChI=1S/C10H5Cl2NO3/c11-7-8(14)5-2-1-4(10(15)16)3-6(5)13-9(7)12/h1-3H,(H,13,14)(H,15,16). The van der Waals surface area contributed by atoms with Crippen molar-refractivity contribution in [2.24, 2.45) is 0 Å². The summed E-state index contributed by atoms with van der Waals surface area (Å²) >= 11 is 11.4. The molecule has 6 heteroatoms. The van der Waals surface area contributed by atoms with Gasteiger partial charge in [0.15, 0.2) is 5.15 Å². The van der Waals surface area contributed by atoms with Crippen LogP contribution in [0.25, 0.3) is 10.9 Å². The molecule has 0 radical (unpaired) electrons. The maximum absolute atomic E-state index is 10.7. The van der Waals surface area contributed by atoms with Crippen LogP contribution in [-0.4, -0.2) is 21.2 Å². The van der Waals surface area contributed by atoms with Gasteiger partial charge in [0.25, 0.3) is 0 Å². The molecular formula is C10H5Cl2NO3. The summed E-state index contributed by atoms with van der Waals surface area (Å²) in [4.78, 5) is 14.6. The monoisotopic (exact) mass is 257 g/mol. The van der Waals surface area contributed by atoms with Crippen LogP contribution in [0.4, 0.5) is 0 Å². The minimum atomic E-state index is -1.07. The summed E-state index contributed by atoms with van der Waals surface area (Å²) < 4.78 is 0. The van der Waals surface area contributed by atoms with Crippen LogP contribution in [0.5, 0.6) is 5.75 Å². The zero-order valence-corrected chi connectivity index (χ0v) is 9.25. The van der Waals surface area contributed by atoms with Gasteiger partial charge in [-0.25, -0.2) is 9.78 Å². The van der Waals surface area contributed by atoms with E-state index in [9.17, 15) is 9.90 Å². The minimum Gasteiger partial charge on any atom is -0.506 e. The molecule has 0 aliphatic carbocycles. The first-order chi connectivity index (χ1) is 7.50. The molecule has 0 saturated carbocycles. The third-order valence-electron chi connectivity index (χ3n) is 2.11. The van der Waals surface area contributed by atoms with E-state index in [0.29, 0.717) is 5.39 Å². The third-order valence-corrected chi connectivity index (χ3v) is 2.84. The van der Waals surface area contributed by atoms with Crippen LogP contribution in [0.3, 0.4) is 0 Å². The van der Waals surface area contributed by atoms with E-state index in [2.05, 4.69) is 4.98 Å². The molecule has 0 aliphatic rings. The molecule has 0 unspecified atom stereocenters. The molecule has 0 spiro atoms. The summed E-state index contributed by atoms with van der Waals surface area (Å²) in [7, 11) is 0. The molecule has 0 aliphatic heterocycles. The number of hydrogen-bond donors (Lipinski definition) is 2. The molecule has 16 heavy (non-hydrogen) atoms. The molecule has 82 valence electrons. The van der Waals surface area contributed by atoms with Gasteiger partial charge in [0, 0.05) is 5.39 Å². The van der Waals surface area contributed by atoms with Crippen molar-refractivity contribution in [1.82, 2.24) is 4.98 Å². The molecule has 0 fully saturated rings. The first-order valence-corrected chi connectivity index (χ1v) is 4.97. The summed E-state index contributed by atoms with van der Waals surface area (Å²) in [6, 6.07) is 4.11. The second kappa shape index (κ2) is 3.81. The van der Waals surface area contributed by atoms with Crippen molar-refractivity contribution in [2.75, 3.05) is 0 Å². The molecule has 0 atom stereocenters. The predicted molar refractivity (Wildman–Crippen MR) is 60.4 cm³/mol. The van der Waals surface area contributed by atoms with Gasteiger partial charge in [-0.1, -0.05) is 23.2 Å². The van der Waals surface area contributed by atoms with E-state index in [0.717, 1.165) is 0 Å². The average molecular weight is 258 g/mol. The highest BCUT2D eigenvalue weighted by molar-refractivity contribution is 6.43. The number of halogens is 2. The van der Waals surface area contributed by atoms with Crippen molar-refractivity contribution in [3.8, 4) is 5.75 Å². The number of rotatable bonds is 1. The highest BCUT2D eigenvalue weighted by Gasteiger charge is 2.13. The van der Waals surface area contributed by atoms with E-state index >= 15 is 0 Å². The summed E-state index contributed by atoms with van der Waals surface area (Å²) in [5.41, 5.74) is 0.351. The fourth-order valence-corrected chi connectivity index (χ4v) is 1.65. The number of aromatic hydroxyl groups is 1. The summed E-state index contributed by atoms with van der Waals surface area (Å²) in [6.45, 7) is 0. The molecule has 4 nitrogen and oxygen atoms in total. The lowest BCUT2D eigenvalue weighted by molar-refractivity contribution is 0.0697. The van der Waals surface area contributed by atoms with Gasteiger partial charge in [-0.3, -0.25) is 0 Å². The van der Waals surface area contributed by atoms with Crippen molar-refractivity contribution in [3.63, 3.8) is 0 Å². The highest BCUT2D eigenvalue weighted by Crippen LogP contribution is 2.36. The number of aromatic nitrogens is 1. The van der Waals surface area contributed by atoms with Crippen LogP contribution in [0.1, 0.15) is 10.4 Å². The van der Waals surface area contributed by atoms with Crippen molar-refractivity contribution >= 4 is 40.1 Å². The van der Waals surface area contributed by atoms with E-state index in [-0.39, 0.29) is 27.0 Å². The molecule has 2 N–H and O–H groups in total. The Morgan fingerprint density at radius 1 is 1.31 bits per heavy atom.